The molecule has 0 heterocycles. The molecule has 0 aromatic rings. The van der Waals surface area contributed by atoms with Gasteiger partial charge in [0.15, 0.2) is 0 Å². The molecule has 0 aliphatic carbocycles. The van der Waals surface area contributed by atoms with Crippen LogP contribution in [0, 0.1) is 6.92 Å². The Labute approximate surface area is 98.2 Å². The largest absolute Gasteiger partial charge is 1.00 e. The zero-order valence-electron chi connectivity index (χ0n) is 6.94. The van der Waals surface area contributed by atoms with Crippen LogP contribution in [0.15, 0.2) is 0 Å². The number of ether oxygens (including phenoxy) is 1. The van der Waals surface area contributed by atoms with Crippen LogP contribution in [0.4, 0.5) is 0 Å². The molecular weight excluding hydrogens is 308 g/mol. The van der Waals surface area contributed by atoms with E-state index >= 15 is 0 Å². The molecule has 0 saturated heterocycles. The number of hydrogen-bond donors (Lipinski definition) is 0. The van der Waals surface area contributed by atoms with E-state index in [4.69, 9.17) is 0 Å². The van der Waals surface area contributed by atoms with E-state index in [2.05, 4.69) is 11.7 Å². The van der Waals surface area contributed by atoms with Crippen molar-refractivity contribution in [2.45, 2.75) is 25.7 Å². The van der Waals surface area contributed by atoms with E-state index < -0.39 is 0 Å². The zero-order valence-corrected chi connectivity index (χ0v) is 12.1. The topological polar surface area (TPSA) is 26.3 Å². The van der Waals surface area contributed by atoms with Crippen molar-refractivity contribution in [3.63, 3.8) is 0 Å². The van der Waals surface area contributed by atoms with E-state index in [0.717, 1.165) is 19.3 Å². The molecule has 0 amide bonds. The van der Waals surface area contributed by atoms with Gasteiger partial charge in [-0.15, -0.1) is 0 Å². The molecule has 63 valence electrons. The third kappa shape index (κ3) is 13.8. The van der Waals surface area contributed by atoms with Crippen LogP contribution in [-0.2, 0) is 29.0 Å². The van der Waals surface area contributed by atoms with Gasteiger partial charge in [-0.3, -0.25) is 4.79 Å². The predicted octanol–water partition coefficient (Wildman–Crippen LogP) is -1.44. The van der Waals surface area contributed by atoms with E-state index in [0.29, 0.717) is 6.42 Å². The molecular formula is C7H13IO2Zn-. The Balaban J connectivity index is -0.000000320. The second-order valence-corrected chi connectivity index (χ2v) is 1.89. The Morgan fingerprint density at radius 3 is 2.36 bits per heavy atom. The number of carbonyl (C=O) groups excluding carboxylic acids is 1. The summed E-state index contributed by atoms with van der Waals surface area (Å²) >= 11 is 0. The van der Waals surface area contributed by atoms with Crippen molar-refractivity contribution in [2.75, 3.05) is 7.11 Å². The summed E-state index contributed by atoms with van der Waals surface area (Å²) in [7, 11) is 1.41. The number of esters is 1. The summed E-state index contributed by atoms with van der Waals surface area (Å²) in [4.78, 5) is 10.4. The van der Waals surface area contributed by atoms with Gasteiger partial charge >= 0.3 is 5.97 Å². The van der Waals surface area contributed by atoms with E-state index in [9.17, 15) is 4.79 Å². The summed E-state index contributed by atoms with van der Waals surface area (Å²) in [5.41, 5.74) is 0. The van der Waals surface area contributed by atoms with Gasteiger partial charge in [-0.25, -0.2) is 0 Å². The molecule has 2 nitrogen and oxygen atoms in total. The van der Waals surface area contributed by atoms with Crippen molar-refractivity contribution in [1.82, 2.24) is 0 Å². The van der Waals surface area contributed by atoms with Gasteiger partial charge < -0.3 is 28.7 Å². The molecule has 11 heavy (non-hydrogen) atoms. The minimum Gasteiger partial charge on any atom is -1.00 e. The Kier molecular flexibility index (Phi) is 21.7. The molecule has 0 bridgehead atoms. The van der Waals surface area contributed by atoms with Crippen molar-refractivity contribution in [3.8, 4) is 0 Å². The van der Waals surface area contributed by atoms with E-state index in [-0.39, 0.29) is 49.4 Å². The summed E-state index contributed by atoms with van der Waals surface area (Å²) in [5, 5.41) is 0. The molecule has 1 radical (unpaired) electrons. The first-order valence-electron chi connectivity index (χ1n) is 3.17. The van der Waals surface area contributed by atoms with Gasteiger partial charge in [0, 0.05) is 25.9 Å². The fraction of sp³-hybridized carbons (Fsp3) is 0.714. The maximum Gasteiger partial charge on any atom is 0.305 e. The van der Waals surface area contributed by atoms with Crippen molar-refractivity contribution in [2.24, 2.45) is 0 Å². The van der Waals surface area contributed by atoms with Crippen LogP contribution in [0.1, 0.15) is 25.7 Å². The van der Waals surface area contributed by atoms with Gasteiger partial charge in [0.2, 0.25) is 0 Å². The van der Waals surface area contributed by atoms with Crippen molar-refractivity contribution >= 4 is 5.97 Å². The summed E-state index contributed by atoms with van der Waals surface area (Å²) in [6.45, 7) is 3.66. The van der Waals surface area contributed by atoms with Gasteiger partial charge in [0.1, 0.15) is 0 Å². The maximum absolute atomic E-state index is 10.4. The minimum absolute atomic E-state index is 0. The molecule has 0 spiro atoms. The quantitative estimate of drug-likeness (QED) is 0.274. The molecule has 0 saturated carbocycles. The monoisotopic (exact) mass is 320 g/mol. The first kappa shape index (κ1) is 17.8. The van der Waals surface area contributed by atoms with Crippen LogP contribution < -0.4 is 24.0 Å². The Hall–Kier alpha value is 0.823. The molecule has 0 aromatic heterocycles. The minimum atomic E-state index is -0.122. The summed E-state index contributed by atoms with van der Waals surface area (Å²) in [5.74, 6) is -0.122. The van der Waals surface area contributed by atoms with Crippen LogP contribution in [0.2, 0.25) is 0 Å². The molecule has 0 rings (SSSR count). The summed E-state index contributed by atoms with van der Waals surface area (Å²) < 4.78 is 4.44. The standard InChI is InChI=1S/C7H13O2.HI.Zn/c1-3-4-5-6-7(8)9-2;;/h1,3-6H2,2H3;1H;/p-1. The second-order valence-electron chi connectivity index (χ2n) is 1.89. The van der Waals surface area contributed by atoms with Gasteiger partial charge in [0.25, 0.3) is 0 Å². The Morgan fingerprint density at radius 2 is 2.00 bits per heavy atom. The first-order chi connectivity index (χ1) is 4.31. The number of halogens is 1. The van der Waals surface area contributed by atoms with Gasteiger partial charge in [-0.1, -0.05) is 19.8 Å². The van der Waals surface area contributed by atoms with Crippen LogP contribution >= 0.6 is 0 Å². The molecule has 0 fully saturated rings. The van der Waals surface area contributed by atoms with Gasteiger partial charge in [-0.2, -0.15) is 0 Å². The van der Waals surface area contributed by atoms with Crippen LogP contribution in [0.3, 0.4) is 0 Å². The zero-order chi connectivity index (χ0) is 7.11. The van der Waals surface area contributed by atoms with Crippen molar-refractivity contribution in [3.05, 3.63) is 6.92 Å². The molecule has 0 N–H and O–H groups in total. The molecule has 0 aliphatic rings. The number of hydrogen-bond acceptors (Lipinski definition) is 2. The number of carbonyl (C=O) groups is 1. The second kappa shape index (κ2) is 13.4. The van der Waals surface area contributed by atoms with Crippen molar-refractivity contribution < 1.29 is 53.0 Å². The Morgan fingerprint density at radius 1 is 1.45 bits per heavy atom. The molecule has 4 heteroatoms. The van der Waals surface area contributed by atoms with Gasteiger partial charge in [-0.05, 0) is 6.42 Å². The number of unbranched alkanes of at least 4 members (excludes halogenated alkanes) is 2. The fourth-order valence-corrected chi connectivity index (χ4v) is 0.548. The summed E-state index contributed by atoms with van der Waals surface area (Å²) in [6, 6.07) is 0. The number of rotatable bonds is 4. The fourth-order valence-electron chi connectivity index (χ4n) is 0.548. The molecule has 0 aliphatic heterocycles. The predicted molar refractivity (Wildman–Crippen MR) is 35.8 cm³/mol. The molecule has 0 atom stereocenters. The van der Waals surface area contributed by atoms with E-state index in [1.807, 2.05) is 0 Å². The molecule has 0 aromatic carbocycles. The maximum atomic E-state index is 10.4. The third-order valence-corrected chi connectivity index (χ3v) is 1.11. The average Bonchev–Trinajstić information content (AvgIpc) is 1.89. The SMILES string of the molecule is [CH2]CCCCC(=O)OC.[I-].[Zn]. The van der Waals surface area contributed by atoms with Crippen LogP contribution in [-0.4, -0.2) is 13.1 Å². The number of methoxy groups -OCH3 is 1. The average molecular weight is 321 g/mol. The van der Waals surface area contributed by atoms with E-state index in [1.54, 1.807) is 0 Å². The van der Waals surface area contributed by atoms with Crippen LogP contribution in [0.5, 0.6) is 0 Å². The normalized spacial score (nSPS) is 7.45. The van der Waals surface area contributed by atoms with Crippen molar-refractivity contribution in [1.29, 1.82) is 0 Å². The van der Waals surface area contributed by atoms with Crippen LogP contribution in [0.25, 0.3) is 0 Å². The third-order valence-electron chi connectivity index (χ3n) is 1.11. The first-order valence-corrected chi connectivity index (χ1v) is 3.17. The Bertz CT molecular complexity index is 88.5. The van der Waals surface area contributed by atoms with E-state index in [1.165, 1.54) is 7.11 Å². The van der Waals surface area contributed by atoms with Gasteiger partial charge in [0.05, 0.1) is 7.11 Å². The smallest absolute Gasteiger partial charge is 0.305 e. The summed E-state index contributed by atoms with van der Waals surface area (Å²) in [6.07, 6.45) is 3.34. The molecule has 0 unspecified atom stereocenters.